The molecule has 0 aliphatic carbocycles. The van der Waals surface area contributed by atoms with Gasteiger partial charge in [0.15, 0.2) is 5.89 Å². The van der Waals surface area contributed by atoms with Crippen LogP contribution >= 0.6 is 15.9 Å². The van der Waals surface area contributed by atoms with Crippen LogP contribution in [0.5, 0.6) is 0 Å². The number of nitrogens with two attached hydrogens (primary N) is 1. The third-order valence-corrected chi connectivity index (χ3v) is 3.05. The van der Waals surface area contributed by atoms with Gasteiger partial charge in [0.1, 0.15) is 0 Å². The van der Waals surface area contributed by atoms with Gasteiger partial charge in [0.25, 0.3) is 5.91 Å². The number of carbonyl (C=O) groups is 1. The molecule has 18 heavy (non-hydrogen) atoms. The van der Waals surface area contributed by atoms with Crippen LogP contribution in [0.4, 0.5) is 11.4 Å². The standard InChI is InChI=1S/C12H12BrN3O2/c1-6-11(18-7(2)15-6)12(17)16-8-3-4-10(14)9(13)5-8/h3-5H,14H2,1-2H3,(H,16,17). The predicted molar refractivity (Wildman–Crippen MR) is 72.5 cm³/mol. The number of nitrogens with zero attached hydrogens (tertiary/aromatic N) is 1. The number of hydrogen-bond donors (Lipinski definition) is 2. The molecule has 0 aliphatic rings. The van der Waals surface area contributed by atoms with E-state index < -0.39 is 0 Å². The Morgan fingerprint density at radius 2 is 2.17 bits per heavy atom. The molecule has 0 unspecified atom stereocenters. The fraction of sp³-hybridized carbons (Fsp3) is 0.167. The van der Waals surface area contributed by atoms with Crippen LogP contribution < -0.4 is 11.1 Å². The van der Waals surface area contributed by atoms with Crippen LogP contribution in [0, 0.1) is 13.8 Å². The zero-order chi connectivity index (χ0) is 13.3. The van der Waals surface area contributed by atoms with E-state index in [1.807, 2.05) is 0 Å². The Labute approximate surface area is 113 Å². The summed E-state index contributed by atoms with van der Waals surface area (Å²) in [6, 6.07) is 5.15. The van der Waals surface area contributed by atoms with Gasteiger partial charge in [-0.3, -0.25) is 4.79 Å². The van der Waals surface area contributed by atoms with E-state index in [1.165, 1.54) is 0 Å². The number of hydrogen-bond acceptors (Lipinski definition) is 4. The number of nitrogens with one attached hydrogen (secondary N) is 1. The zero-order valence-corrected chi connectivity index (χ0v) is 11.5. The normalized spacial score (nSPS) is 10.4. The molecule has 2 rings (SSSR count). The average molecular weight is 310 g/mol. The van der Waals surface area contributed by atoms with Crippen LogP contribution in [0.2, 0.25) is 0 Å². The van der Waals surface area contributed by atoms with Gasteiger partial charge in [-0.2, -0.15) is 0 Å². The molecule has 0 radical (unpaired) electrons. The molecular formula is C12H12BrN3O2. The Morgan fingerprint density at radius 3 is 2.72 bits per heavy atom. The molecule has 0 bridgehead atoms. The second-order valence-corrected chi connectivity index (χ2v) is 4.69. The number of carbonyl (C=O) groups excluding carboxylic acids is 1. The van der Waals surface area contributed by atoms with E-state index in [-0.39, 0.29) is 11.7 Å². The number of amides is 1. The fourth-order valence-electron chi connectivity index (χ4n) is 1.53. The summed E-state index contributed by atoms with van der Waals surface area (Å²) < 4.78 is 5.97. The number of benzene rings is 1. The summed E-state index contributed by atoms with van der Waals surface area (Å²) in [6.07, 6.45) is 0. The topological polar surface area (TPSA) is 81.2 Å². The van der Waals surface area contributed by atoms with Crippen molar-refractivity contribution in [3.05, 3.63) is 40.0 Å². The molecule has 0 atom stereocenters. The van der Waals surface area contributed by atoms with Crippen LogP contribution in [0.25, 0.3) is 0 Å². The van der Waals surface area contributed by atoms with Gasteiger partial charge >= 0.3 is 0 Å². The van der Waals surface area contributed by atoms with Crippen LogP contribution in [0.3, 0.4) is 0 Å². The average Bonchev–Trinajstić information content (AvgIpc) is 2.63. The van der Waals surface area contributed by atoms with Crippen molar-refractivity contribution >= 4 is 33.2 Å². The minimum Gasteiger partial charge on any atom is -0.436 e. The van der Waals surface area contributed by atoms with Gasteiger partial charge in [0.2, 0.25) is 5.76 Å². The first kappa shape index (κ1) is 12.6. The number of oxazole rings is 1. The molecule has 0 saturated heterocycles. The summed E-state index contributed by atoms with van der Waals surface area (Å²) in [5.74, 6) is 0.362. The van der Waals surface area contributed by atoms with Gasteiger partial charge < -0.3 is 15.5 Å². The minimum atomic E-state index is -0.329. The molecule has 1 aromatic heterocycles. The molecule has 5 nitrogen and oxygen atoms in total. The maximum Gasteiger partial charge on any atom is 0.293 e. The van der Waals surface area contributed by atoms with Crippen molar-refractivity contribution in [1.82, 2.24) is 4.98 Å². The summed E-state index contributed by atoms with van der Waals surface area (Å²) in [4.78, 5) is 16.0. The molecular weight excluding hydrogens is 298 g/mol. The van der Waals surface area contributed by atoms with Gasteiger partial charge in [-0.25, -0.2) is 4.98 Å². The largest absolute Gasteiger partial charge is 0.436 e. The highest BCUT2D eigenvalue weighted by atomic mass is 79.9. The number of rotatable bonds is 2. The van der Waals surface area contributed by atoms with Crippen LogP contribution in [-0.2, 0) is 0 Å². The second-order valence-electron chi connectivity index (χ2n) is 3.84. The SMILES string of the molecule is Cc1nc(C)c(C(=O)Nc2ccc(N)c(Br)c2)o1. The van der Waals surface area contributed by atoms with E-state index in [0.717, 1.165) is 4.47 Å². The van der Waals surface area contributed by atoms with Crippen molar-refractivity contribution in [3.63, 3.8) is 0 Å². The van der Waals surface area contributed by atoms with Crippen LogP contribution in [0.15, 0.2) is 27.1 Å². The van der Waals surface area contributed by atoms with Gasteiger partial charge in [-0.1, -0.05) is 0 Å². The third-order valence-electron chi connectivity index (χ3n) is 2.37. The van der Waals surface area contributed by atoms with Gasteiger partial charge in [0.05, 0.1) is 5.69 Å². The molecule has 2 aromatic rings. The summed E-state index contributed by atoms with van der Waals surface area (Å²) in [7, 11) is 0. The molecule has 0 aliphatic heterocycles. The third kappa shape index (κ3) is 2.53. The smallest absolute Gasteiger partial charge is 0.293 e. The van der Waals surface area contributed by atoms with E-state index in [2.05, 4.69) is 26.2 Å². The van der Waals surface area contributed by atoms with Crippen molar-refractivity contribution in [2.75, 3.05) is 11.1 Å². The Bertz CT molecular complexity index is 607. The molecule has 0 saturated carbocycles. The summed E-state index contributed by atoms with van der Waals surface area (Å²) >= 11 is 3.30. The van der Waals surface area contributed by atoms with E-state index >= 15 is 0 Å². The lowest BCUT2D eigenvalue weighted by Crippen LogP contribution is -2.12. The van der Waals surface area contributed by atoms with E-state index in [9.17, 15) is 4.79 Å². The lowest BCUT2D eigenvalue weighted by molar-refractivity contribution is 0.0994. The van der Waals surface area contributed by atoms with Crippen molar-refractivity contribution in [3.8, 4) is 0 Å². The van der Waals surface area contributed by atoms with Crippen molar-refractivity contribution in [1.29, 1.82) is 0 Å². The second kappa shape index (κ2) is 4.81. The highest BCUT2D eigenvalue weighted by Crippen LogP contribution is 2.23. The number of halogens is 1. The lowest BCUT2D eigenvalue weighted by atomic mass is 10.2. The van der Waals surface area contributed by atoms with Crippen molar-refractivity contribution in [2.24, 2.45) is 0 Å². The number of nitrogen functional groups attached to an aromatic ring is 1. The summed E-state index contributed by atoms with van der Waals surface area (Å²) in [6.45, 7) is 3.42. The number of aromatic nitrogens is 1. The van der Waals surface area contributed by atoms with Crippen molar-refractivity contribution < 1.29 is 9.21 Å². The quantitative estimate of drug-likeness (QED) is 0.836. The maximum atomic E-state index is 12.0. The molecule has 1 aromatic carbocycles. The summed E-state index contributed by atoms with van der Waals surface area (Å²) in [5, 5.41) is 2.72. The molecule has 1 amide bonds. The molecule has 1 heterocycles. The molecule has 6 heteroatoms. The predicted octanol–water partition coefficient (Wildman–Crippen LogP) is 2.89. The van der Waals surface area contributed by atoms with Crippen molar-refractivity contribution in [2.45, 2.75) is 13.8 Å². The molecule has 0 spiro atoms. The van der Waals surface area contributed by atoms with E-state index in [1.54, 1.807) is 32.0 Å². The zero-order valence-electron chi connectivity index (χ0n) is 9.95. The Morgan fingerprint density at radius 1 is 1.44 bits per heavy atom. The Hall–Kier alpha value is -1.82. The van der Waals surface area contributed by atoms with Gasteiger partial charge in [0, 0.05) is 22.8 Å². The maximum absolute atomic E-state index is 12.0. The first-order valence-corrected chi connectivity index (χ1v) is 6.07. The summed E-state index contributed by atoms with van der Waals surface area (Å²) in [5.41, 5.74) is 7.48. The Kier molecular flexibility index (Phi) is 3.38. The minimum absolute atomic E-state index is 0.223. The number of anilines is 2. The monoisotopic (exact) mass is 309 g/mol. The molecule has 0 fully saturated rings. The molecule has 3 N–H and O–H groups in total. The van der Waals surface area contributed by atoms with E-state index in [4.69, 9.17) is 10.2 Å². The van der Waals surface area contributed by atoms with Crippen LogP contribution in [-0.4, -0.2) is 10.9 Å². The highest BCUT2D eigenvalue weighted by molar-refractivity contribution is 9.10. The first-order valence-electron chi connectivity index (χ1n) is 5.28. The molecule has 94 valence electrons. The van der Waals surface area contributed by atoms with Crippen LogP contribution in [0.1, 0.15) is 22.1 Å². The lowest BCUT2D eigenvalue weighted by Gasteiger charge is -2.05. The van der Waals surface area contributed by atoms with Gasteiger partial charge in [-0.15, -0.1) is 0 Å². The highest BCUT2D eigenvalue weighted by Gasteiger charge is 2.16. The van der Waals surface area contributed by atoms with E-state index in [0.29, 0.717) is 23.0 Å². The Balaban J connectivity index is 2.21. The fourth-order valence-corrected chi connectivity index (χ4v) is 1.91. The van der Waals surface area contributed by atoms with Gasteiger partial charge in [-0.05, 0) is 41.1 Å². The first-order chi connectivity index (χ1) is 8.47. The number of aryl methyl sites for hydroxylation is 2.